The Hall–Kier alpha value is -3.52. The molecule has 0 aliphatic carbocycles. The number of aromatic nitrogens is 2. The molecule has 0 radical (unpaired) electrons. The van der Waals surface area contributed by atoms with Crippen LogP contribution in [0, 0.1) is 11.8 Å². The van der Waals surface area contributed by atoms with Crippen molar-refractivity contribution in [2.75, 3.05) is 0 Å². The molecule has 0 spiro atoms. The second-order valence-electron chi connectivity index (χ2n) is 8.18. The van der Waals surface area contributed by atoms with Gasteiger partial charge >= 0.3 is 11.7 Å². The highest BCUT2D eigenvalue weighted by Crippen LogP contribution is 2.24. The molecule has 0 amide bonds. The van der Waals surface area contributed by atoms with E-state index in [9.17, 15) is 14.7 Å². The fourth-order valence-electron chi connectivity index (χ4n) is 3.39. The van der Waals surface area contributed by atoms with Gasteiger partial charge in [-0.05, 0) is 50.5 Å². The Morgan fingerprint density at radius 2 is 1.73 bits per heavy atom. The van der Waals surface area contributed by atoms with Gasteiger partial charge in [0, 0.05) is 11.7 Å². The van der Waals surface area contributed by atoms with Gasteiger partial charge in [0.25, 0.3) is 0 Å². The van der Waals surface area contributed by atoms with E-state index < -0.39 is 5.97 Å². The molecular formula is C25H26N2O3. The van der Waals surface area contributed by atoms with Gasteiger partial charge in [0.05, 0.1) is 24.2 Å². The molecule has 2 aromatic carbocycles. The molecule has 5 heteroatoms. The van der Waals surface area contributed by atoms with E-state index in [1.165, 1.54) is 0 Å². The summed E-state index contributed by atoms with van der Waals surface area (Å²) in [6.07, 6.45) is 2.41. The third-order valence-electron chi connectivity index (χ3n) is 4.99. The fourth-order valence-corrected chi connectivity index (χ4v) is 3.39. The molecule has 30 heavy (non-hydrogen) atoms. The van der Waals surface area contributed by atoms with Crippen molar-refractivity contribution >= 4 is 5.97 Å². The van der Waals surface area contributed by atoms with Gasteiger partial charge in [-0.2, -0.15) is 0 Å². The number of imidazole rings is 1. The van der Waals surface area contributed by atoms with Crippen molar-refractivity contribution < 1.29 is 9.90 Å². The van der Waals surface area contributed by atoms with Crippen LogP contribution in [0.3, 0.4) is 0 Å². The van der Waals surface area contributed by atoms with E-state index in [0.29, 0.717) is 18.5 Å². The number of hydrogen-bond acceptors (Lipinski definition) is 2. The first-order valence-corrected chi connectivity index (χ1v) is 9.85. The van der Waals surface area contributed by atoms with Crippen molar-refractivity contribution in [3.63, 3.8) is 0 Å². The standard InChI is InChI=1S/C25H26N2O3/c1-5-6-9-20-17-27(25(2,3)4)24(30)26(20)16-18-12-14-19(15-13-18)21-10-7-8-11-22(21)23(28)29/h7-8,10-15,17H,9,16H2,1-4H3,(H,28,29). The maximum absolute atomic E-state index is 13.0. The molecule has 0 saturated carbocycles. The Kier molecular flexibility index (Phi) is 5.98. The quantitative estimate of drug-likeness (QED) is 0.644. The zero-order valence-corrected chi connectivity index (χ0v) is 17.8. The van der Waals surface area contributed by atoms with Gasteiger partial charge in [-0.3, -0.25) is 9.13 Å². The molecule has 0 saturated heterocycles. The Morgan fingerprint density at radius 1 is 1.07 bits per heavy atom. The second kappa shape index (κ2) is 8.46. The van der Waals surface area contributed by atoms with E-state index in [4.69, 9.17) is 0 Å². The Morgan fingerprint density at radius 3 is 2.33 bits per heavy atom. The van der Waals surface area contributed by atoms with E-state index in [0.717, 1.165) is 16.8 Å². The summed E-state index contributed by atoms with van der Waals surface area (Å²) < 4.78 is 3.51. The summed E-state index contributed by atoms with van der Waals surface area (Å²) in [5, 5.41) is 9.42. The van der Waals surface area contributed by atoms with Gasteiger partial charge in [-0.25, -0.2) is 9.59 Å². The van der Waals surface area contributed by atoms with Crippen LogP contribution in [0.5, 0.6) is 0 Å². The summed E-state index contributed by atoms with van der Waals surface area (Å²) in [6, 6.07) is 14.6. The van der Waals surface area contributed by atoms with Crippen LogP contribution in [0.1, 0.15) is 49.3 Å². The van der Waals surface area contributed by atoms with Gasteiger partial charge in [-0.15, -0.1) is 5.92 Å². The Labute approximate surface area is 176 Å². The fraction of sp³-hybridized carbons (Fsp3) is 0.280. The molecule has 154 valence electrons. The number of carbonyl (C=O) groups is 1. The number of nitrogens with zero attached hydrogens (tertiary/aromatic N) is 2. The minimum atomic E-state index is -0.952. The predicted octanol–water partition coefficient (Wildman–Crippen LogP) is 4.38. The zero-order chi connectivity index (χ0) is 21.9. The smallest absolute Gasteiger partial charge is 0.336 e. The lowest BCUT2D eigenvalue weighted by molar-refractivity contribution is 0.0697. The van der Waals surface area contributed by atoms with Gasteiger partial charge in [-0.1, -0.05) is 48.4 Å². The molecular weight excluding hydrogens is 376 g/mol. The third kappa shape index (κ3) is 4.38. The van der Waals surface area contributed by atoms with E-state index in [1.54, 1.807) is 34.3 Å². The number of rotatable bonds is 5. The van der Waals surface area contributed by atoms with Crippen LogP contribution in [0.25, 0.3) is 11.1 Å². The summed E-state index contributed by atoms with van der Waals surface area (Å²) in [6.45, 7) is 8.23. The molecule has 0 aliphatic rings. The maximum atomic E-state index is 13.0. The monoisotopic (exact) mass is 402 g/mol. The highest BCUT2D eigenvalue weighted by atomic mass is 16.4. The van der Waals surface area contributed by atoms with Crippen LogP contribution < -0.4 is 5.69 Å². The van der Waals surface area contributed by atoms with Crippen LogP contribution in [-0.4, -0.2) is 20.2 Å². The minimum absolute atomic E-state index is 0.0595. The third-order valence-corrected chi connectivity index (χ3v) is 4.99. The average Bonchev–Trinajstić information content (AvgIpc) is 3.03. The molecule has 1 heterocycles. The zero-order valence-electron chi connectivity index (χ0n) is 17.8. The van der Waals surface area contributed by atoms with E-state index in [2.05, 4.69) is 11.8 Å². The molecule has 1 N–H and O–H groups in total. The van der Waals surface area contributed by atoms with E-state index in [1.807, 2.05) is 57.3 Å². The molecule has 3 rings (SSSR count). The van der Waals surface area contributed by atoms with Crippen molar-refractivity contribution in [1.82, 2.24) is 9.13 Å². The first kappa shape index (κ1) is 21.2. The summed E-state index contributed by atoms with van der Waals surface area (Å²) in [4.78, 5) is 24.5. The van der Waals surface area contributed by atoms with E-state index >= 15 is 0 Å². The maximum Gasteiger partial charge on any atom is 0.336 e. The van der Waals surface area contributed by atoms with Crippen LogP contribution in [-0.2, 0) is 18.5 Å². The van der Waals surface area contributed by atoms with Gasteiger partial charge < -0.3 is 5.11 Å². The minimum Gasteiger partial charge on any atom is -0.478 e. The molecule has 0 fully saturated rings. The highest BCUT2D eigenvalue weighted by Gasteiger charge is 2.20. The summed E-state index contributed by atoms with van der Waals surface area (Å²) in [5.74, 6) is 4.99. The molecule has 0 atom stereocenters. The summed E-state index contributed by atoms with van der Waals surface area (Å²) in [5.41, 5.74) is 3.23. The van der Waals surface area contributed by atoms with Gasteiger partial charge in [0.2, 0.25) is 0 Å². The van der Waals surface area contributed by atoms with Crippen molar-refractivity contribution in [2.24, 2.45) is 0 Å². The predicted molar refractivity (Wildman–Crippen MR) is 119 cm³/mol. The largest absolute Gasteiger partial charge is 0.478 e. The SMILES string of the molecule is CC#CCc1cn(C(C)(C)C)c(=O)n1Cc1ccc(-c2ccccc2C(=O)O)cc1. The molecule has 3 aromatic rings. The van der Waals surface area contributed by atoms with E-state index in [-0.39, 0.29) is 16.8 Å². The van der Waals surface area contributed by atoms with Crippen LogP contribution in [0.4, 0.5) is 0 Å². The number of carboxylic acid groups (broad SMARTS) is 1. The van der Waals surface area contributed by atoms with Crippen molar-refractivity contribution in [3.05, 3.63) is 82.0 Å². The molecule has 0 bridgehead atoms. The lowest BCUT2D eigenvalue weighted by atomic mass is 9.99. The van der Waals surface area contributed by atoms with Crippen molar-refractivity contribution in [3.8, 4) is 23.0 Å². The van der Waals surface area contributed by atoms with Crippen molar-refractivity contribution in [1.29, 1.82) is 0 Å². The molecule has 0 aliphatic heterocycles. The number of carboxylic acids is 1. The summed E-state index contributed by atoms with van der Waals surface area (Å²) in [7, 11) is 0. The lowest BCUT2D eigenvalue weighted by Crippen LogP contribution is -2.34. The first-order valence-electron chi connectivity index (χ1n) is 9.85. The van der Waals surface area contributed by atoms with Crippen LogP contribution in [0.2, 0.25) is 0 Å². The topological polar surface area (TPSA) is 64.2 Å². The Balaban J connectivity index is 1.96. The molecule has 0 unspecified atom stereocenters. The molecule has 1 aromatic heterocycles. The van der Waals surface area contributed by atoms with Crippen molar-refractivity contribution in [2.45, 2.75) is 46.2 Å². The number of aromatic carboxylic acids is 1. The number of benzene rings is 2. The normalized spacial score (nSPS) is 11.1. The highest BCUT2D eigenvalue weighted by molar-refractivity contribution is 5.95. The summed E-state index contributed by atoms with van der Waals surface area (Å²) >= 11 is 0. The Bertz CT molecular complexity index is 1180. The first-order chi connectivity index (χ1) is 14.2. The van der Waals surface area contributed by atoms with Gasteiger partial charge in [0.1, 0.15) is 0 Å². The lowest BCUT2D eigenvalue weighted by Gasteiger charge is -2.19. The average molecular weight is 402 g/mol. The second-order valence-corrected chi connectivity index (χ2v) is 8.18. The number of hydrogen-bond donors (Lipinski definition) is 1. The van der Waals surface area contributed by atoms with Gasteiger partial charge in [0.15, 0.2) is 0 Å². The molecule has 5 nitrogen and oxygen atoms in total. The van der Waals surface area contributed by atoms with Crippen LogP contribution >= 0.6 is 0 Å². The van der Waals surface area contributed by atoms with Crippen LogP contribution in [0.15, 0.2) is 59.5 Å².